The van der Waals surface area contributed by atoms with Gasteiger partial charge in [0.25, 0.3) is 0 Å². The molecule has 0 heterocycles. The van der Waals surface area contributed by atoms with Gasteiger partial charge in [-0.3, -0.25) is 0 Å². The van der Waals surface area contributed by atoms with Crippen LogP contribution >= 0.6 is 0 Å². The molecule has 0 amide bonds. The summed E-state index contributed by atoms with van der Waals surface area (Å²) < 4.78 is 0. The second-order valence-corrected chi connectivity index (χ2v) is 1.00. The predicted octanol–water partition coefficient (Wildman–Crippen LogP) is 0.439. The zero-order chi connectivity index (χ0) is 5.70. The van der Waals surface area contributed by atoms with Crippen LogP contribution in [0.5, 0.6) is 0 Å². The lowest BCUT2D eigenvalue weighted by Crippen LogP contribution is -2.04. The minimum absolute atomic E-state index is 0.389. The van der Waals surface area contributed by atoms with Crippen molar-refractivity contribution < 1.29 is 4.84 Å². The molecule has 0 fully saturated rings. The highest BCUT2D eigenvalue weighted by molar-refractivity contribution is 5.76. The SMILES string of the molecule is C=CO/N=C(\C)N. The van der Waals surface area contributed by atoms with Crippen LogP contribution in [-0.4, -0.2) is 5.84 Å². The van der Waals surface area contributed by atoms with Crippen LogP contribution in [0.1, 0.15) is 6.92 Å². The average molecular weight is 100 g/mol. The Bertz CT molecular complexity index is 83.7. The molecule has 0 aromatic heterocycles. The highest BCUT2D eigenvalue weighted by Crippen LogP contribution is 1.72. The molecular weight excluding hydrogens is 92.1 g/mol. The Kier molecular flexibility index (Phi) is 2.76. The molecule has 40 valence electrons. The molecule has 0 bridgehead atoms. The van der Waals surface area contributed by atoms with E-state index in [-0.39, 0.29) is 0 Å². The smallest absolute Gasteiger partial charge is 0.136 e. The largest absolute Gasteiger partial charge is 0.385 e. The van der Waals surface area contributed by atoms with Crippen molar-refractivity contribution in [3.05, 3.63) is 12.8 Å². The molecule has 0 radical (unpaired) electrons. The summed E-state index contributed by atoms with van der Waals surface area (Å²) in [5.41, 5.74) is 5.06. The molecule has 0 spiro atoms. The Labute approximate surface area is 42.4 Å². The van der Waals surface area contributed by atoms with Gasteiger partial charge in [-0.25, -0.2) is 0 Å². The highest BCUT2D eigenvalue weighted by atomic mass is 16.6. The Morgan fingerprint density at radius 3 is 2.71 bits per heavy atom. The van der Waals surface area contributed by atoms with Crippen LogP contribution in [0.2, 0.25) is 0 Å². The first-order chi connectivity index (χ1) is 3.27. The van der Waals surface area contributed by atoms with Gasteiger partial charge in [0.15, 0.2) is 0 Å². The predicted molar refractivity (Wildman–Crippen MR) is 28.6 cm³/mol. The van der Waals surface area contributed by atoms with Gasteiger partial charge >= 0.3 is 0 Å². The lowest BCUT2D eigenvalue weighted by Gasteiger charge is -1.85. The third-order valence-corrected chi connectivity index (χ3v) is 0.271. The van der Waals surface area contributed by atoms with Gasteiger partial charge in [-0.1, -0.05) is 11.7 Å². The van der Waals surface area contributed by atoms with Crippen molar-refractivity contribution in [1.82, 2.24) is 0 Å². The van der Waals surface area contributed by atoms with Crippen molar-refractivity contribution in [2.45, 2.75) is 6.92 Å². The Morgan fingerprint density at radius 1 is 2.00 bits per heavy atom. The van der Waals surface area contributed by atoms with Gasteiger partial charge in [-0.15, -0.1) is 0 Å². The molecule has 0 aliphatic carbocycles. The summed E-state index contributed by atoms with van der Waals surface area (Å²) in [4.78, 5) is 4.32. The molecule has 7 heavy (non-hydrogen) atoms. The molecule has 0 rings (SSSR count). The fourth-order valence-electron chi connectivity index (χ4n) is 0.120. The molecule has 0 saturated carbocycles. The molecule has 0 aliphatic rings. The van der Waals surface area contributed by atoms with E-state index in [4.69, 9.17) is 5.73 Å². The molecule has 0 atom stereocenters. The van der Waals surface area contributed by atoms with E-state index in [1.54, 1.807) is 6.92 Å². The van der Waals surface area contributed by atoms with Crippen LogP contribution in [-0.2, 0) is 4.84 Å². The number of hydrogen-bond acceptors (Lipinski definition) is 2. The summed E-state index contributed by atoms with van der Waals surface area (Å²) in [6, 6.07) is 0. The Hall–Kier alpha value is -0.990. The molecule has 3 nitrogen and oxygen atoms in total. The summed E-state index contributed by atoms with van der Waals surface area (Å²) in [7, 11) is 0. The van der Waals surface area contributed by atoms with Crippen molar-refractivity contribution in [3.8, 4) is 0 Å². The first-order valence-electron chi connectivity index (χ1n) is 1.84. The summed E-state index contributed by atoms with van der Waals surface area (Å²) in [5.74, 6) is 0.389. The fourth-order valence-corrected chi connectivity index (χ4v) is 0.120. The van der Waals surface area contributed by atoms with E-state index in [1.165, 1.54) is 6.26 Å². The molecular formula is C4H8N2O. The molecule has 0 aliphatic heterocycles. The van der Waals surface area contributed by atoms with E-state index in [2.05, 4.69) is 16.6 Å². The lowest BCUT2D eigenvalue weighted by molar-refractivity contribution is 0.269. The van der Waals surface area contributed by atoms with Crippen LogP contribution < -0.4 is 5.73 Å². The Morgan fingerprint density at radius 2 is 2.57 bits per heavy atom. The number of rotatable bonds is 2. The van der Waals surface area contributed by atoms with Gasteiger partial charge in [-0.2, -0.15) is 0 Å². The summed E-state index contributed by atoms with van der Waals surface area (Å²) in [6.45, 7) is 4.88. The summed E-state index contributed by atoms with van der Waals surface area (Å²) in [6.07, 6.45) is 1.20. The standard InChI is InChI=1S/C4H8N2O/c1-3-7-6-4(2)5/h3H,1H2,2H3,(H2,5,6). The van der Waals surface area contributed by atoms with Crippen molar-refractivity contribution in [2.24, 2.45) is 10.9 Å². The number of hydrogen-bond donors (Lipinski definition) is 1. The van der Waals surface area contributed by atoms with E-state index in [9.17, 15) is 0 Å². The van der Waals surface area contributed by atoms with Gasteiger partial charge in [0.1, 0.15) is 12.1 Å². The van der Waals surface area contributed by atoms with E-state index < -0.39 is 0 Å². The van der Waals surface area contributed by atoms with E-state index in [0.29, 0.717) is 5.84 Å². The number of amidine groups is 1. The van der Waals surface area contributed by atoms with Crippen molar-refractivity contribution in [1.29, 1.82) is 0 Å². The van der Waals surface area contributed by atoms with Gasteiger partial charge in [0.2, 0.25) is 0 Å². The van der Waals surface area contributed by atoms with Gasteiger partial charge in [-0.05, 0) is 6.92 Å². The van der Waals surface area contributed by atoms with Crippen LogP contribution in [0.3, 0.4) is 0 Å². The first kappa shape index (κ1) is 6.01. The van der Waals surface area contributed by atoms with E-state index in [1.807, 2.05) is 0 Å². The van der Waals surface area contributed by atoms with Gasteiger partial charge < -0.3 is 10.6 Å². The summed E-state index contributed by atoms with van der Waals surface area (Å²) >= 11 is 0. The minimum Gasteiger partial charge on any atom is -0.385 e. The van der Waals surface area contributed by atoms with Crippen LogP contribution in [0, 0.1) is 0 Å². The highest BCUT2D eigenvalue weighted by Gasteiger charge is 1.70. The van der Waals surface area contributed by atoms with Crippen molar-refractivity contribution in [3.63, 3.8) is 0 Å². The maximum Gasteiger partial charge on any atom is 0.136 e. The van der Waals surface area contributed by atoms with Crippen molar-refractivity contribution >= 4 is 5.84 Å². The van der Waals surface area contributed by atoms with Gasteiger partial charge in [0.05, 0.1) is 0 Å². The van der Waals surface area contributed by atoms with Crippen molar-refractivity contribution in [2.75, 3.05) is 0 Å². The van der Waals surface area contributed by atoms with Crippen LogP contribution in [0.25, 0.3) is 0 Å². The molecule has 3 heteroatoms. The Balaban J connectivity index is 3.25. The third-order valence-electron chi connectivity index (χ3n) is 0.271. The zero-order valence-electron chi connectivity index (χ0n) is 4.22. The summed E-state index contributed by atoms with van der Waals surface area (Å²) in [5, 5.41) is 3.32. The van der Waals surface area contributed by atoms with Gasteiger partial charge in [0, 0.05) is 0 Å². The zero-order valence-corrected chi connectivity index (χ0v) is 4.22. The second-order valence-electron chi connectivity index (χ2n) is 1.00. The van der Waals surface area contributed by atoms with E-state index in [0.717, 1.165) is 0 Å². The molecule has 0 unspecified atom stereocenters. The quantitative estimate of drug-likeness (QED) is 0.237. The topological polar surface area (TPSA) is 47.6 Å². The molecule has 2 N–H and O–H groups in total. The maximum atomic E-state index is 5.06. The second kappa shape index (κ2) is 3.21. The van der Waals surface area contributed by atoms with E-state index >= 15 is 0 Å². The lowest BCUT2D eigenvalue weighted by atomic mass is 10.7. The van der Waals surface area contributed by atoms with Crippen LogP contribution in [0.15, 0.2) is 18.0 Å². The normalized spacial score (nSPS) is 10.7. The average Bonchev–Trinajstić information content (AvgIpc) is 1.61. The number of nitrogens with zero attached hydrogens (tertiary/aromatic N) is 1. The number of oxime groups is 1. The maximum absolute atomic E-state index is 5.06. The first-order valence-corrected chi connectivity index (χ1v) is 1.84. The molecule has 0 aromatic rings. The monoisotopic (exact) mass is 100 g/mol. The minimum atomic E-state index is 0.389. The molecule has 0 aromatic carbocycles. The number of nitrogens with two attached hydrogens (primary N) is 1. The fraction of sp³-hybridized carbons (Fsp3) is 0.250. The van der Waals surface area contributed by atoms with Crippen LogP contribution in [0.4, 0.5) is 0 Å². The molecule has 0 saturated heterocycles. The third kappa shape index (κ3) is 5.01.